The van der Waals surface area contributed by atoms with Crippen LogP contribution in [0.1, 0.15) is 27.7 Å². The van der Waals surface area contributed by atoms with Gasteiger partial charge in [0.05, 0.1) is 6.54 Å². The second-order valence-electron chi connectivity index (χ2n) is 3.97. The third-order valence-electron chi connectivity index (χ3n) is 1.91. The molecule has 0 aliphatic carbocycles. The fourth-order valence-electron chi connectivity index (χ4n) is 0.935. The van der Waals surface area contributed by atoms with Gasteiger partial charge in [0.25, 0.3) is 0 Å². The minimum absolute atomic E-state index is 0.00223. The average Bonchev–Trinajstić information content (AvgIpc) is 2.02. The van der Waals surface area contributed by atoms with Gasteiger partial charge in [0, 0.05) is 18.9 Å². The summed E-state index contributed by atoms with van der Waals surface area (Å²) in [4.78, 5) is 24.2. The van der Waals surface area contributed by atoms with E-state index in [1.807, 2.05) is 27.7 Å². The molecule has 0 rings (SSSR count). The number of Topliss-reactive ketones (excluding diaryl/α,β-unsaturated/α-hetero) is 1. The van der Waals surface area contributed by atoms with Gasteiger partial charge in [-0.25, -0.2) is 0 Å². The fourth-order valence-corrected chi connectivity index (χ4v) is 0.935. The van der Waals surface area contributed by atoms with Gasteiger partial charge in [-0.2, -0.15) is 0 Å². The first kappa shape index (κ1) is 12.1. The Hall–Kier alpha value is -0.860. The molecule has 1 amide bonds. The molecule has 0 aromatic heterocycles. The Balaban J connectivity index is 4.08. The minimum Gasteiger partial charge on any atom is -0.338 e. The lowest BCUT2D eigenvalue weighted by atomic mass is 10.1. The predicted molar refractivity (Wildman–Crippen MR) is 52.3 cm³/mol. The maximum atomic E-state index is 11.4. The lowest BCUT2D eigenvalue weighted by Gasteiger charge is -2.19. The first-order chi connectivity index (χ1) is 5.86. The number of carbonyl (C=O) groups excluding carboxylic acids is 2. The monoisotopic (exact) mass is 185 g/mol. The van der Waals surface area contributed by atoms with E-state index < -0.39 is 0 Å². The van der Waals surface area contributed by atoms with Crippen molar-refractivity contribution in [3.05, 3.63) is 0 Å². The second kappa shape index (κ2) is 5.00. The van der Waals surface area contributed by atoms with E-state index in [9.17, 15) is 9.59 Å². The summed E-state index contributed by atoms with van der Waals surface area (Å²) in [5.41, 5.74) is 0. The first-order valence-corrected chi connectivity index (χ1v) is 4.64. The van der Waals surface area contributed by atoms with Crippen molar-refractivity contribution in [1.29, 1.82) is 0 Å². The lowest BCUT2D eigenvalue weighted by Crippen LogP contribution is -2.36. The fraction of sp³-hybridized carbons (Fsp3) is 0.800. The zero-order valence-electron chi connectivity index (χ0n) is 9.13. The molecule has 0 saturated heterocycles. The van der Waals surface area contributed by atoms with Gasteiger partial charge < -0.3 is 4.90 Å². The van der Waals surface area contributed by atoms with Gasteiger partial charge in [-0.15, -0.1) is 0 Å². The van der Waals surface area contributed by atoms with E-state index in [2.05, 4.69) is 0 Å². The average molecular weight is 185 g/mol. The highest BCUT2D eigenvalue weighted by Gasteiger charge is 2.17. The molecule has 0 fully saturated rings. The highest BCUT2D eigenvalue weighted by Crippen LogP contribution is 2.01. The van der Waals surface area contributed by atoms with Gasteiger partial charge in [-0.1, -0.05) is 27.7 Å². The molecule has 0 unspecified atom stereocenters. The molecule has 0 aliphatic heterocycles. The summed E-state index contributed by atoms with van der Waals surface area (Å²) >= 11 is 0. The number of nitrogens with zero attached hydrogens (tertiary/aromatic N) is 1. The van der Waals surface area contributed by atoms with Crippen molar-refractivity contribution in [2.75, 3.05) is 13.6 Å². The third-order valence-corrected chi connectivity index (χ3v) is 1.91. The zero-order chi connectivity index (χ0) is 10.6. The Bertz CT molecular complexity index is 197. The number of likely N-dealkylation sites (N-methyl/N-ethyl adjacent to an activating group) is 1. The van der Waals surface area contributed by atoms with Crippen LogP contribution in [-0.4, -0.2) is 30.2 Å². The lowest BCUT2D eigenvalue weighted by molar-refractivity contribution is -0.137. The summed E-state index contributed by atoms with van der Waals surface area (Å²) in [5.74, 6) is 0.0953. The van der Waals surface area contributed by atoms with Crippen LogP contribution in [0.5, 0.6) is 0 Å². The molecule has 3 heteroatoms. The Morgan fingerprint density at radius 2 is 1.54 bits per heavy atom. The first-order valence-electron chi connectivity index (χ1n) is 4.64. The molecule has 0 N–H and O–H groups in total. The largest absolute Gasteiger partial charge is 0.338 e. The molecule has 0 radical (unpaired) electrons. The van der Waals surface area contributed by atoms with Crippen LogP contribution in [0, 0.1) is 11.8 Å². The van der Waals surface area contributed by atoms with Gasteiger partial charge in [0.15, 0.2) is 5.78 Å². The zero-order valence-corrected chi connectivity index (χ0v) is 9.13. The quantitative estimate of drug-likeness (QED) is 0.662. The van der Waals surface area contributed by atoms with Crippen LogP contribution in [0.2, 0.25) is 0 Å². The van der Waals surface area contributed by atoms with Crippen molar-refractivity contribution < 1.29 is 9.59 Å². The number of ketones is 1. The maximum Gasteiger partial charge on any atom is 0.225 e. The van der Waals surface area contributed by atoms with E-state index in [1.54, 1.807) is 7.05 Å². The summed E-state index contributed by atoms with van der Waals surface area (Å²) in [7, 11) is 1.67. The van der Waals surface area contributed by atoms with E-state index in [0.717, 1.165) is 0 Å². The summed E-state index contributed by atoms with van der Waals surface area (Å²) in [5, 5.41) is 0. The van der Waals surface area contributed by atoms with Gasteiger partial charge in [0.1, 0.15) is 0 Å². The number of amides is 1. The summed E-state index contributed by atoms with van der Waals surface area (Å²) < 4.78 is 0. The Labute approximate surface area is 80.1 Å². The normalized spacial score (nSPS) is 10.7. The molecular formula is C10H19NO2. The molecule has 0 aromatic carbocycles. The molecule has 0 aromatic rings. The van der Waals surface area contributed by atoms with Gasteiger partial charge >= 0.3 is 0 Å². The number of hydrogen-bond donors (Lipinski definition) is 0. The van der Waals surface area contributed by atoms with Gasteiger partial charge in [0.2, 0.25) is 5.91 Å². The van der Waals surface area contributed by atoms with E-state index in [-0.39, 0.29) is 30.1 Å². The molecule has 0 aliphatic rings. The van der Waals surface area contributed by atoms with Crippen LogP contribution < -0.4 is 0 Å². The van der Waals surface area contributed by atoms with E-state index in [1.165, 1.54) is 4.90 Å². The van der Waals surface area contributed by atoms with Crippen LogP contribution in [0.15, 0.2) is 0 Å². The number of hydrogen-bond acceptors (Lipinski definition) is 2. The molecule has 0 spiro atoms. The molecule has 3 nitrogen and oxygen atoms in total. The van der Waals surface area contributed by atoms with Crippen LogP contribution in [0.3, 0.4) is 0 Å². The summed E-state index contributed by atoms with van der Waals surface area (Å²) in [6.45, 7) is 7.58. The molecule has 0 heterocycles. The molecule has 0 atom stereocenters. The van der Waals surface area contributed by atoms with Crippen LogP contribution in [-0.2, 0) is 9.59 Å². The predicted octanol–water partition coefficient (Wildman–Crippen LogP) is 1.33. The standard InChI is InChI=1S/C10H19NO2/c1-7(2)9(12)6-11(5)10(13)8(3)4/h7-8H,6H2,1-5H3. The molecule has 76 valence electrons. The summed E-state index contributed by atoms with van der Waals surface area (Å²) in [6.07, 6.45) is 0. The SMILES string of the molecule is CC(C)C(=O)CN(C)C(=O)C(C)C. The van der Waals surface area contributed by atoms with Crippen molar-refractivity contribution in [2.45, 2.75) is 27.7 Å². The Morgan fingerprint density at radius 1 is 1.08 bits per heavy atom. The van der Waals surface area contributed by atoms with Gasteiger partial charge in [-0.3, -0.25) is 9.59 Å². The van der Waals surface area contributed by atoms with E-state index in [0.29, 0.717) is 0 Å². The molecule has 0 saturated carbocycles. The van der Waals surface area contributed by atoms with Crippen molar-refractivity contribution in [2.24, 2.45) is 11.8 Å². The Kier molecular flexibility index (Phi) is 4.67. The van der Waals surface area contributed by atoms with Gasteiger partial charge in [-0.05, 0) is 0 Å². The number of carbonyl (C=O) groups is 2. The second-order valence-corrected chi connectivity index (χ2v) is 3.97. The van der Waals surface area contributed by atoms with Crippen LogP contribution in [0.25, 0.3) is 0 Å². The van der Waals surface area contributed by atoms with Crippen LogP contribution >= 0.6 is 0 Å². The molecule has 0 bridgehead atoms. The number of rotatable bonds is 4. The van der Waals surface area contributed by atoms with Crippen molar-refractivity contribution in [3.63, 3.8) is 0 Å². The molecular weight excluding hydrogens is 166 g/mol. The van der Waals surface area contributed by atoms with Crippen LogP contribution in [0.4, 0.5) is 0 Å². The minimum atomic E-state index is -0.0371. The van der Waals surface area contributed by atoms with Crippen molar-refractivity contribution in [1.82, 2.24) is 4.90 Å². The summed E-state index contributed by atoms with van der Waals surface area (Å²) in [6, 6.07) is 0. The highest BCUT2D eigenvalue weighted by atomic mass is 16.2. The van der Waals surface area contributed by atoms with Crippen molar-refractivity contribution >= 4 is 11.7 Å². The van der Waals surface area contributed by atoms with E-state index in [4.69, 9.17) is 0 Å². The smallest absolute Gasteiger partial charge is 0.225 e. The third kappa shape index (κ3) is 4.06. The molecule has 13 heavy (non-hydrogen) atoms. The maximum absolute atomic E-state index is 11.4. The Morgan fingerprint density at radius 3 is 1.85 bits per heavy atom. The van der Waals surface area contributed by atoms with E-state index >= 15 is 0 Å². The highest BCUT2D eigenvalue weighted by molar-refractivity contribution is 5.87. The van der Waals surface area contributed by atoms with Crippen molar-refractivity contribution in [3.8, 4) is 0 Å². The topological polar surface area (TPSA) is 37.4 Å².